The molecule has 2 aromatic carbocycles. The molecule has 1 heterocycles. The highest BCUT2D eigenvalue weighted by Gasteiger charge is 2.23. The van der Waals surface area contributed by atoms with E-state index in [1.165, 1.54) is 7.11 Å². The lowest BCUT2D eigenvalue weighted by molar-refractivity contribution is 0.200. The molecule has 7 heteroatoms. The maximum Gasteiger partial charge on any atom is 0.321 e. The van der Waals surface area contributed by atoms with Crippen LogP contribution in [0.25, 0.3) is 11.1 Å². The predicted molar refractivity (Wildman–Crippen MR) is 117 cm³/mol. The summed E-state index contributed by atoms with van der Waals surface area (Å²) in [6.45, 7) is 2.01. The van der Waals surface area contributed by atoms with Gasteiger partial charge >= 0.3 is 6.03 Å². The number of ether oxygens (including phenoxy) is 1. The number of hydrogen-bond acceptors (Lipinski definition) is 4. The highest BCUT2D eigenvalue weighted by Crippen LogP contribution is 2.44. The molecule has 0 saturated carbocycles. The SMILES string of the molecule is COc1c(O)c(-c2cccc(Cl)c2)cc(NC(=O)N2CCCCC2)c1CN(C)C. The number of rotatable bonds is 5. The van der Waals surface area contributed by atoms with Gasteiger partial charge in [0.1, 0.15) is 0 Å². The molecule has 0 spiro atoms. The summed E-state index contributed by atoms with van der Waals surface area (Å²) in [5.41, 5.74) is 2.66. The van der Waals surface area contributed by atoms with E-state index in [2.05, 4.69) is 5.32 Å². The minimum Gasteiger partial charge on any atom is -0.504 e. The number of hydrogen-bond donors (Lipinski definition) is 2. The zero-order valence-corrected chi connectivity index (χ0v) is 17.9. The zero-order chi connectivity index (χ0) is 21.0. The number of phenolic OH excluding ortho intramolecular Hbond substituents is 1. The van der Waals surface area contributed by atoms with Crippen LogP contribution in [-0.2, 0) is 6.54 Å². The highest BCUT2D eigenvalue weighted by atomic mass is 35.5. The number of phenols is 1. The molecule has 0 unspecified atom stereocenters. The Balaban J connectivity index is 2.07. The normalized spacial score (nSPS) is 14.2. The van der Waals surface area contributed by atoms with Gasteiger partial charge in [-0.05, 0) is 57.1 Å². The van der Waals surface area contributed by atoms with Gasteiger partial charge in [0.2, 0.25) is 0 Å². The van der Waals surface area contributed by atoms with Crippen molar-refractivity contribution in [3.05, 3.63) is 40.9 Å². The highest BCUT2D eigenvalue weighted by molar-refractivity contribution is 6.30. The molecule has 0 atom stereocenters. The first kappa shape index (κ1) is 21.3. The van der Waals surface area contributed by atoms with Gasteiger partial charge in [0, 0.05) is 35.8 Å². The molecule has 2 aromatic rings. The minimum absolute atomic E-state index is 0.0302. The van der Waals surface area contributed by atoms with Crippen LogP contribution in [0.3, 0.4) is 0 Å². The number of carbonyl (C=O) groups is 1. The van der Waals surface area contributed by atoms with Crippen molar-refractivity contribution < 1.29 is 14.6 Å². The third-order valence-corrected chi connectivity index (χ3v) is 5.29. The first-order valence-electron chi connectivity index (χ1n) is 9.80. The predicted octanol–water partition coefficient (Wildman–Crippen LogP) is 4.80. The molecule has 1 saturated heterocycles. The van der Waals surface area contributed by atoms with Crippen LogP contribution in [0.2, 0.25) is 5.02 Å². The van der Waals surface area contributed by atoms with E-state index in [4.69, 9.17) is 16.3 Å². The number of likely N-dealkylation sites (tertiary alicyclic amines) is 1. The molecule has 0 bridgehead atoms. The number of benzene rings is 2. The number of nitrogens with zero attached hydrogens (tertiary/aromatic N) is 2. The van der Waals surface area contributed by atoms with Crippen LogP contribution in [0.4, 0.5) is 10.5 Å². The third-order valence-electron chi connectivity index (χ3n) is 5.06. The standard InChI is InChI=1S/C22H28ClN3O3/c1-25(2)14-18-19(24-22(28)26-10-5-4-6-11-26)13-17(20(27)21(18)29-3)15-8-7-9-16(23)12-15/h7-9,12-13,27H,4-6,10-11,14H2,1-3H3,(H,24,28). The number of nitrogens with one attached hydrogen (secondary N) is 1. The van der Waals surface area contributed by atoms with E-state index in [9.17, 15) is 9.90 Å². The quantitative estimate of drug-likeness (QED) is 0.686. The van der Waals surface area contributed by atoms with E-state index in [1.807, 2.05) is 36.0 Å². The maximum atomic E-state index is 12.9. The van der Waals surface area contributed by atoms with Gasteiger partial charge in [-0.3, -0.25) is 0 Å². The Hall–Kier alpha value is -2.44. The van der Waals surface area contributed by atoms with Crippen LogP contribution in [0.1, 0.15) is 24.8 Å². The fourth-order valence-electron chi connectivity index (χ4n) is 3.66. The van der Waals surface area contributed by atoms with Crippen molar-refractivity contribution in [1.29, 1.82) is 0 Å². The summed E-state index contributed by atoms with van der Waals surface area (Å²) in [7, 11) is 5.38. The fraction of sp³-hybridized carbons (Fsp3) is 0.409. The van der Waals surface area contributed by atoms with Crippen LogP contribution >= 0.6 is 11.6 Å². The van der Waals surface area contributed by atoms with Crippen LogP contribution in [0, 0.1) is 0 Å². The van der Waals surface area contributed by atoms with Crippen molar-refractivity contribution in [1.82, 2.24) is 9.80 Å². The number of methoxy groups -OCH3 is 1. The topological polar surface area (TPSA) is 65.0 Å². The molecule has 0 aliphatic carbocycles. The van der Waals surface area contributed by atoms with Gasteiger partial charge in [-0.2, -0.15) is 0 Å². The lowest BCUT2D eigenvalue weighted by Crippen LogP contribution is -2.39. The van der Waals surface area contributed by atoms with Crippen LogP contribution in [0.15, 0.2) is 30.3 Å². The fourth-order valence-corrected chi connectivity index (χ4v) is 3.85. The van der Waals surface area contributed by atoms with E-state index in [0.29, 0.717) is 28.6 Å². The van der Waals surface area contributed by atoms with Gasteiger partial charge in [0.15, 0.2) is 11.5 Å². The van der Waals surface area contributed by atoms with Gasteiger partial charge in [0.25, 0.3) is 0 Å². The molecule has 0 radical (unpaired) electrons. The Labute approximate surface area is 177 Å². The van der Waals surface area contributed by atoms with Gasteiger partial charge in [-0.1, -0.05) is 23.7 Å². The molecule has 1 aliphatic rings. The Bertz CT molecular complexity index is 880. The number of anilines is 1. The molecule has 6 nitrogen and oxygen atoms in total. The van der Waals surface area contributed by atoms with E-state index >= 15 is 0 Å². The van der Waals surface area contributed by atoms with Crippen LogP contribution in [0.5, 0.6) is 11.5 Å². The Morgan fingerprint density at radius 1 is 1.24 bits per heavy atom. The molecule has 29 heavy (non-hydrogen) atoms. The zero-order valence-electron chi connectivity index (χ0n) is 17.2. The van der Waals surface area contributed by atoms with E-state index in [-0.39, 0.29) is 11.8 Å². The van der Waals surface area contributed by atoms with Crippen LogP contribution in [-0.4, -0.2) is 55.2 Å². The Morgan fingerprint density at radius 2 is 1.97 bits per heavy atom. The van der Waals surface area contributed by atoms with Crippen molar-refractivity contribution in [3.63, 3.8) is 0 Å². The molecule has 0 aromatic heterocycles. The molecular formula is C22H28ClN3O3. The third kappa shape index (κ3) is 4.95. The van der Waals surface area contributed by atoms with Crippen molar-refractivity contribution in [2.24, 2.45) is 0 Å². The molecule has 1 fully saturated rings. The summed E-state index contributed by atoms with van der Waals surface area (Å²) in [6, 6.07) is 8.90. The molecule has 2 amide bonds. The monoisotopic (exact) mass is 417 g/mol. The van der Waals surface area contributed by atoms with Crippen molar-refractivity contribution in [2.45, 2.75) is 25.8 Å². The van der Waals surface area contributed by atoms with Gasteiger partial charge in [0.05, 0.1) is 12.8 Å². The van der Waals surface area contributed by atoms with Gasteiger partial charge < -0.3 is 25.0 Å². The first-order chi connectivity index (χ1) is 13.9. The number of halogens is 1. The second-order valence-electron chi connectivity index (χ2n) is 7.56. The van der Waals surface area contributed by atoms with Crippen molar-refractivity contribution in [3.8, 4) is 22.6 Å². The second-order valence-corrected chi connectivity index (χ2v) is 7.99. The average molecular weight is 418 g/mol. The lowest BCUT2D eigenvalue weighted by Gasteiger charge is -2.28. The minimum atomic E-state index is -0.130. The number of urea groups is 1. The number of aromatic hydroxyl groups is 1. The van der Waals surface area contributed by atoms with Crippen LogP contribution < -0.4 is 10.1 Å². The smallest absolute Gasteiger partial charge is 0.321 e. The molecule has 156 valence electrons. The van der Waals surface area contributed by atoms with E-state index in [0.717, 1.165) is 43.5 Å². The van der Waals surface area contributed by atoms with E-state index in [1.54, 1.807) is 18.2 Å². The summed E-state index contributed by atoms with van der Waals surface area (Å²) < 4.78 is 5.56. The number of carbonyl (C=O) groups excluding carboxylic acids is 1. The Kier molecular flexibility index (Phi) is 6.87. The van der Waals surface area contributed by atoms with Gasteiger partial charge in [-0.25, -0.2) is 4.79 Å². The molecule has 2 N–H and O–H groups in total. The molecular weight excluding hydrogens is 390 g/mol. The Morgan fingerprint density at radius 3 is 2.59 bits per heavy atom. The largest absolute Gasteiger partial charge is 0.504 e. The van der Waals surface area contributed by atoms with Gasteiger partial charge in [-0.15, -0.1) is 0 Å². The molecule has 3 rings (SSSR count). The van der Waals surface area contributed by atoms with Crippen molar-refractivity contribution >= 4 is 23.3 Å². The summed E-state index contributed by atoms with van der Waals surface area (Å²) in [6.07, 6.45) is 3.19. The first-order valence-corrected chi connectivity index (χ1v) is 10.2. The second kappa shape index (κ2) is 9.37. The number of piperidine rings is 1. The maximum absolute atomic E-state index is 12.9. The summed E-state index contributed by atoms with van der Waals surface area (Å²) >= 11 is 6.15. The van der Waals surface area contributed by atoms with E-state index < -0.39 is 0 Å². The average Bonchev–Trinajstić information content (AvgIpc) is 2.70. The lowest BCUT2D eigenvalue weighted by atomic mass is 9.99. The number of amides is 2. The summed E-state index contributed by atoms with van der Waals surface area (Å²) in [5, 5.41) is 14.5. The molecule has 1 aliphatic heterocycles. The summed E-state index contributed by atoms with van der Waals surface area (Å²) in [5.74, 6) is 0.382. The summed E-state index contributed by atoms with van der Waals surface area (Å²) in [4.78, 5) is 16.7. The van der Waals surface area contributed by atoms with Crippen molar-refractivity contribution in [2.75, 3.05) is 39.6 Å².